The van der Waals surface area contributed by atoms with E-state index < -0.39 is 22.8 Å². The second kappa shape index (κ2) is 11.6. The van der Waals surface area contributed by atoms with Gasteiger partial charge in [0.25, 0.3) is 0 Å². The number of aromatic nitrogens is 1. The molecular weight excluding hydrogens is 421 g/mol. The monoisotopic (exact) mass is 451 g/mol. The molecule has 0 atom stereocenters. The summed E-state index contributed by atoms with van der Waals surface area (Å²) >= 11 is 0. The zero-order valence-corrected chi connectivity index (χ0v) is 18.8. The Labute approximate surface area is 186 Å². The van der Waals surface area contributed by atoms with E-state index >= 15 is 0 Å². The number of nitrogens with zero attached hydrogens (tertiary/aromatic N) is 1. The first-order valence-corrected chi connectivity index (χ1v) is 10.3. The molecular formula is C23H30FNO7. The smallest absolute Gasteiger partial charge is 0.341 e. The molecule has 0 saturated heterocycles. The van der Waals surface area contributed by atoms with Gasteiger partial charge in [0.05, 0.1) is 19.4 Å². The minimum Gasteiger partial charge on any atom is -0.493 e. The number of aromatic carboxylic acids is 1. The third-order valence-corrected chi connectivity index (χ3v) is 4.84. The van der Waals surface area contributed by atoms with Gasteiger partial charge >= 0.3 is 5.97 Å². The van der Waals surface area contributed by atoms with Crippen LogP contribution < -0.4 is 14.9 Å². The van der Waals surface area contributed by atoms with E-state index in [2.05, 4.69) is 0 Å². The van der Waals surface area contributed by atoms with Gasteiger partial charge in [0.15, 0.2) is 17.3 Å². The lowest BCUT2D eigenvalue weighted by Crippen LogP contribution is -2.26. The number of hydrogen-bond acceptors (Lipinski definition) is 6. The van der Waals surface area contributed by atoms with Crippen molar-refractivity contribution < 1.29 is 33.6 Å². The second-order valence-corrected chi connectivity index (χ2v) is 7.71. The van der Waals surface area contributed by atoms with Crippen LogP contribution in [0.5, 0.6) is 11.5 Å². The Morgan fingerprint density at radius 2 is 1.91 bits per heavy atom. The maximum atomic E-state index is 14.7. The Morgan fingerprint density at radius 3 is 2.47 bits per heavy atom. The SMILES string of the molecule is CC(C)CO.COCCCOc1cc2c(cc1OC)-c1c(F)c(=O)c(C(=O)O)cn1CC2. The summed E-state index contributed by atoms with van der Waals surface area (Å²) in [5.74, 6) is -1.14. The van der Waals surface area contributed by atoms with Crippen molar-refractivity contribution in [2.24, 2.45) is 5.92 Å². The molecule has 0 bridgehead atoms. The van der Waals surface area contributed by atoms with Gasteiger partial charge in [-0.3, -0.25) is 4.79 Å². The highest BCUT2D eigenvalue weighted by atomic mass is 19.1. The number of carbonyl (C=O) groups is 1. The third kappa shape index (κ3) is 5.86. The summed E-state index contributed by atoms with van der Waals surface area (Å²) in [6.07, 6.45) is 2.44. The zero-order valence-electron chi connectivity index (χ0n) is 18.8. The van der Waals surface area contributed by atoms with Crippen molar-refractivity contribution in [3.05, 3.63) is 45.5 Å². The number of aliphatic hydroxyl groups excluding tert-OH is 1. The van der Waals surface area contributed by atoms with Gasteiger partial charge in [-0.1, -0.05) is 13.8 Å². The van der Waals surface area contributed by atoms with Crippen LogP contribution in [0, 0.1) is 11.7 Å². The molecule has 8 nitrogen and oxygen atoms in total. The Balaban J connectivity index is 0.000000654. The van der Waals surface area contributed by atoms with Crippen molar-refractivity contribution in [3.8, 4) is 22.8 Å². The van der Waals surface area contributed by atoms with Gasteiger partial charge in [0, 0.05) is 45.0 Å². The van der Waals surface area contributed by atoms with Crippen molar-refractivity contribution in [2.45, 2.75) is 33.2 Å². The molecule has 176 valence electrons. The van der Waals surface area contributed by atoms with Gasteiger partial charge in [-0.2, -0.15) is 0 Å². The zero-order chi connectivity index (χ0) is 23.8. The molecule has 1 aromatic heterocycles. The average molecular weight is 451 g/mol. The molecule has 2 aromatic rings. The van der Waals surface area contributed by atoms with Crippen molar-refractivity contribution in [1.82, 2.24) is 4.57 Å². The molecule has 3 rings (SSSR count). The van der Waals surface area contributed by atoms with Crippen LogP contribution in [0.1, 0.15) is 36.2 Å². The summed E-state index contributed by atoms with van der Waals surface area (Å²) in [6.45, 7) is 5.62. The van der Waals surface area contributed by atoms with E-state index in [-0.39, 0.29) is 5.69 Å². The molecule has 2 heterocycles. The molecule has 32 heavy (non-hydrogen) atoms. The standard InChI is InChI=1S/C19H20FNO6.C4H10O/c1-25-6-3-7-27-15-8-11-4-5-21-10-13(19(23)24)18(22)16(20)17(21)12(11)9-14(15)26-2;1-4(2)3-5/h8-10H,3-7H2,1-2H3,(H,23,24);4-5H,3H2,1-2H3. The molecule has 0 aliphatic carbocycles. The largest absolute Gasteiger partial charge is 0.493 e. The minimum atomic E-state index is -1.45. The van der Waals surface area contributed by atoms with E-state index in [1.165, 1.54) is 17.9 Å². The number of hydrogen-bond donors (Lipinski definition) is 2. The predicted molar refractivity (Wildman–Crippen MR) is 117 cm³/mol. The highest BCUT2D eigenvalue weighted by molar-refractivity contribution is 5.88. The van der Waals surface area contributed by atoms with Crippen LogP contribution in [-0.4, -0.2) is 54.8 Å². The number of carboxylic acids is 1. The summed E-state index contributed by atoms with van der Waals surface area (Å²) in [4.78, 5) is 23.3. The number of halogens is 1. The van der Waals surface area contributed by atoms with E-state index in [1.807, 2.05) is 13.8 Å². The van der Waals surface area contributed by atoms with E-state index in [1.54, 1.807) is 19.2 Å². The molecule has 1 aromatic carbocycles. The second-order valence-electron chi connectivity index (χ2n) is 7.71. The number of pyridine rings is 1. The van der Waals surface area contributed by atoms with E-state index in [0.717, 1.165) is 5.56 Å². The minimum absolute atomic E-state index is 0.0653. The quantitative estimate of drug-likeness (QED) is 0.594. The lowest BCUT2D eigenvalue weighted by atomic mass is 9.95. The molecule has 1 aliphatic heterocycles. The first kappa shape index (κ1) is 25.4. The number of carboxylic acid groups (broad SMARTS) is 1. The van der Waals surface area contributed by atoms with Crippen LogP contribution in [-0.2, 0) is 17.7 Å². The third-order valence-electron chi connectivity index (χ3n) is 4.84. The number of fused-ring (bicyclic) bond motifs is 3. The first-order chi connectivity index (χ1) is 15.2. The molecule has 0 fully saturated rings. The summed E-state index contributed by atoms with van der Waals surface area (Å²) < 4.78 is 32.3. The molecule has 0 spiro atoms. The molecule has 0 amide bonds. The van der Waals surface area contributed by atoms with Crippen LogP contribution >= 0.6 is 0 Å². The fourth-order valence-corrected chi connectivity index (χ4v) is 3.16. The molecule has 0 unspecified atom stereocenters. The molecule has 2 N–H and O–H groups in total. The van der Waals surface area contributed by atoms with Crippen molar-refractivity contribution >= 4 is 5.97 Å². The number of aliphatic hydroxyl groups is 1. The van der Waals surface area contributed by atoms with E-state index in [4.69, 9.17) is 24.4 Å². The Kier molecular flexibility index (Phi) is 9.22. The topological polar surface area (TPSA) is 107 Å². The van der Waals surface area contributed by atoms with Gasteiger partial charge < -0.3 is 29.0 Å². The number of ether oxygens (including phenoxy) is 3. The fraction of sp³-hybridized carbons (Fsp3) is 0.478. The van der Waals surface area contributed by atoms with Gasteiger partial charge in [0.1, 0.15) is 5.56 Å². The molecule has 0 saturated carbocycles. The van der Waals surface area contributed by atoms with Crippen molar-refractivity contribution in [3.63, 3.8) is 0 Å². The number of methoxy groups -OCH3 is 2. The van der Waals surface area contributed by atoms with Crippen molar-refractivity contribution in [2.75, 3.05) is 34.0 Å². The highest BCUT2D eigenvalue weighted by Gasteiger charge is 2.26. The summed E-state index contributed by atoms with van der Waals surface area (Å²) in [5, 5.41) is 17.2. The maximum absolute atomic E-state index is 14.7. The molecule has 9 heteroatoms. The lowest BCUT2D eigenvalue weighted by molar-refractivity contribution is 0.0693. The number of rotatable bonds is 8. The molecule has 1 aliphatic rings. The maximum Gasteiger partial charge on any atom is 0.341 e. The van der Waals surface area contributed by atoms with Crippen LogP contribution in [0.2, 0.25) is 0 Å². The fourth-order valence-electron chi connectivity index (χ4n) is 3.16. The average Bonchev–Trinajstić information content (AvgIpc) is 2.78. The van der Waals surface area contributed by atoms with Gasteiger partial charge in [-0.15, -0.1) is 0 Å². The summed E-state index contributed by atoms with van der Waals surface area (Å²) in [7, 11) is 3.09. The van der Waals surface area contributed by atoms with Gasteiger partial charge in [-0.25, -0.2) is 9.18 Å². The first-order valence-electron chi connectivity index (χ1n) is 10.3. The van der Waals surface area contributed by atoms with Gasteiger partial charge in [0.2, 0.25) is 5.43 Å². The Hall–Kier alpha value is -2.91. The molecule has 0 radical (unpaired) electrons. The van der Waals surface area contributed by atoms with Crippen LogP contribution in [0.3, 0.4) is 0 Å². The van der Waals surface area contributed by atoms with E-state index in [9.17, 15) is 14.0 Å². The van der Waals surface area contributed by atoms with Crippen LogP contribution in [0.4, 0.5) is 4.39 Å². The predicted octanol–water partition coefficient (Wildman–Crippen LogP) is 2.97. The number of aryl methyl sites for hydroxylation is 2. The van der Waals surface area contributed by atoms with Crippen LogP contribution in [0.15, 0.2) is 23.1 Å². The highest BCUT2D eigenvalue weighted by Crippen LogP contribution is 2.39. The Bertz CT molecular complexity index is 1000. The van der Waals surface area contributed by atoms with E-state index in [0.29, 0.717) is 62.2 Å². The van der Waals surface area contributed by atoms with Crippen molar-refractivity contribution in [1.29, 1.82) is 0 Å². The summed E-state index contributed by atoms with van der Waals surface area (Å²) in [5.41, 5.74) is -0.339. The van der Waals surface area contributed by atoms with Gasteiger partial charge in [-0.05, 0) is 30.0 Å². The summed E-state index contributed by atoms with van der Waals surface area (Å²) in [6, 6.07) is 3.40. The van der Waals surface area contributed by atoms with Crippen LogP contribution in [0.25, 0.3) is 11.3 Å². The Morgan fingerprint density at radius 1 is 1.22 bits per heavy atom. The number of benzene rings is 1. The lowest BCUT2D eigenvalue weighted by Gasteiger charge is -2.24. The normalized spacial score (nSPS) is 11.8.